The van der Waals surface area contributed by atoms with E-state index in [9.17, 15) is 0 Å². The first-order valence-electron chi connectivity index (χ1n) is 5.29. The fourth-order valence-corrected chi connectivity index (χ4v) is 1.89. The van der Waals surface area contributed by atoms with E-state index in [1.54, 1.807) is 11.1 Å². The molecule has 0 unspecified atom stereocenters. The number of hydrogen-bond acceptors (Lipinski definition) is 0. The SMILES string of the molecule is CCCCCC(C1=CC1)C1=CC1. The Labute approximate surface area is 75.4 Å². The van der Waals surface area contributed by atoms with E-state index in [1.165, 1.54) is 38.5 Å². The van der Waals surface area contributed by atoms with Crippen molar-refractivity contribution in [2.75, 3.05) is 0 Å². The van der Waals surface area contributed by atoms with Gasteiger partial charge in [-0.05, 0) is 19.3 Å². The van der Waals surface area contributed by atoms with Crippen molar-refractivity contribution in [3.63, 3.8) is 0 Å². The molecule has 0 heterocycles. The highest BCUT2D eigenvalue weighted by molar-refractivity contribution is 5.38. The molecule has 0 aromatic heterocycles. The first-order chi connectivity index (χ1) is 5.92. The second kappa shape index (κ2) is 3.47. The molecule has 0 saturated heterocycles. The molecule has 2 rings (SSSR count). The van der Waals surface area contributed by atoms with Crippen molar-refractivity contribution in [1.29, 1.82) is 0 Å². The van der Waals surface area contributed by atoms with Gasteiger partial charge in [0.1, 0.15) is 0 Å². The van der Waals surface area contributed by atoms with Gasteiger partial charge >= 0.3 is 0 Å². The average molecular weight is 162 g/mol. The Hall–Kier alpha value is -0.520. The number of allylic oxidation sites excluding steroid dienone is 4. The quantitative estimate of drug-likeness (QED) is 0.411. The summed E-state index contributed by atoms with van der Waals surface area (Å²) in [5, 5.41) is 0. The molecule has 0 heteroatoms. The van der Waals surface area contributed by atoms with E-state index in [2.05, 4.69) is 19.1 Å². The van der Waals surface area contributed by atoms with E-state index in [1.807, 2.05) is 0 Å². The van der Waals surface area contributed by atoms with Crippen LogP contribution in [0.15, 0.2) is 23.3 Å². The molecule has 0 nitrogen and oxygen atoms in total. The number of unbranched alkanes of at least 4 members (excludes halogenated alkanes) is 2. The third kappa shape index (κ3) is 2.00. The summed E-state index contributed by atoms with van der Waals surface area (Å²) in [6.07, 6.45) is 13.0. The third-order valence-electron chi connectivity index (χ3n) is 2.87. The molecule has 12 heavy (non-hydrogen) atoms. The van der Waals surface area contributed by atoms with Gasteiger partial charge < -0.3 is 0 Å². The van der Waals surface area contributed by atoms with Crippen LogP contribution in [0, 0.1) is 5.92 Å². The van der Waals surface area contributed by atoms with Crippen molar-refractivity contribution in [1.82, 2.24) is 0 Å². The second-order valence-electron chi connectivity index (χ2n) is 4.01. The van der Waals surface area contributed by atoms with E-state index in [4.69, 9.17) is 0 Å². The smallest absolute Gasteiger partial charge is 0.00133 e. The summed E-state index contributed by atoms with van der Waals surface area (Å²) in [7, 11) is 0. The van der Waals surface area contributed by atoms with Crippen LogP contribution < -0.4 is 0 Å². The summed E-state index contributed by atoms with van der Waals surface area (Å²) >= 11 is 0. The van der Waals surface area contributed by atoms with Crippen LogP contribution in [-0.4, -0.2) is 0 Å². The fraction of sp³-hybridized carbons (Fsp3) is 0.667. The van der Waals surface area contributed by atoms with Gasteiger partial charge in [-0.1, -0.05) is 49.5 Å². The maximum atomic E-state index is 2.40. The van der Waals surface area contributed by atoms with Crippen molar-refractivity contribution >= 4 is 0 Å². The molecule has 2 aliphatic carbocycles. The Kier molecular flexibility index (Phi) is 2.34. The standard InChI is InChI=1S/C12H18/c1-2-3-4-5-12(10-6-7-10)11-8-9-11/h6,8,12H,2-5,7,9H2,1H3. The highest BCUT2D eigenvalue weighted by atomic mass is 14.3. The first kappa shape index (κ1) is 8.10. The highest BCUT2D eigenvalue weighted by Gasteiger charge is 2.27. The summed E-state index contributed by atoms with van der Waals surface area (Å²) in [5.41, 5.74) is 3.46. The molecule has 0 bridgehead atoms. The zero-order valence-corrected chi connectivity index (χ0v) is 7.97. The van der Waals surface area contributed by atoms with Crippen LogP contribution in [-0.2, 0) is 0 Å². The topological polar surface area (TPSA) is 0 Å². The Morgan fingerprint density at radius 3 is 2.17 bits per heavy atom. The predicted molar refractivity (Wildman–Crippen MR) is 53.0 cm³/mol. The largest absolute Gasteiger partial charge is 0.0803 e. The molecule has 0 spiro atoms. The lowest BCUT2D eigenvalue weighted by Gasteiger charge is -2.09. The molecule has 0 amide bonds. The van der Waals surface area contributed by atoms with Gasteiger partial charge in [0, 0.05) is 5.92 Å². The summed E-state index contributed by atoms with van der Waals surface area (Å²) < 4.78 is 0. The van der Waals surface area contributed by atoms with Crippen LogP contribution in [0.25, 0.3) is 0 Å². The molecular weight excluding hydrogens is 144 g/mol. The van der Waals surface area contributed by atoms with Crippen molar-refractivity contribution < 1.29 is 0 Å². The van der Waals surface area contributed by atoms with E-state index in [0.717, 1.165) is 5.92 Å². The molecule has 2 aliphatic rings. The molecule has 0 atom stereocenters. The van der Waals surface area contributed by atoms with Crippen LogP contribution in [0.5, 0.6) is 0 Å². The van der Waals surface area contributed by atoms with E-state index >= 15 is 0 Å². The van der Waals surface area contributed by atoms with Crippen LogP contribution in [0.1, 0.15) is 45.4 Å². The van der Waals surface area contributed by atoms with Crippen LogP contribution >= 0.6 is 0 Å². The van der Waals surface area contributed by atoms with Crippen LogP contribution in [0.2, 0.25) is 0 Å². The molecule has 0 aliphatic heterocycles. The van der Waals surface area contributed by atoms with Crippen molar-refractivity contribution in [2.45, 2.75) is 45.4 Å². The maximum absolute atomic E-state index is 2.40. The molecule has 0 aromatic carbocycles. The molecule has 0 N–H and O–H groups in total. The Morgan fingerprint density at radius 1 is 1.17 bits per heavy atom. The highest BCUT2D eigenvalue weighted by Crippen LogP contribution is 2.42. The minimum atomic E-state index is 0.886. The summed E-state index contributed by atoms with van der Waals surface area (Å²) in [5.74, 6) is 0.886. The summed E-state index contributed by atoms with van der Waals surface area (Å²) in [6, 6.07) is 0. The summed E-state index contributed by atoms with van der Waals surface area (Å²) in [4.78, 5) is 0. The van der Waals surface area contributed by atoms with Crippen molar-refractivity contribution in [3.05, 3.63) is 23.3 Å². The molecule has 0 radical (unpaired) electrons. The monoisotopic (exact) mass is 162 g/mol. The van der Waals surface area contributed by atoms with Crippen molar-refractivity contribution in [3.8, 4) is 0 Å². The van der Waals surface area contributed by atoms with Gasteiger partial charge in [-0.2, -0.15) is 0 Å². The molecular formula is C12H18. The Morgan fingerprint density at radius 2 is 1.75 bits per heavy atom. The van der Waals surface area contributed by atoms with E-state index < -0.39 is 0 Å². The van der Waals surface area contributed by atoms with Gasteiger partial charge in [-0.3, -0.25) is 0 Å². The molecule has 66 valence electrons. The van der Waals surface area contributed by atoms with Gasteiger partial charge in [0.15, 0.2) is 0 Å². The minimum absolute atomic E-state index is 0.886. The first-order valence-corrected chi connectivity index (χ1v) is 5.29. The Balaban J connectivity index is 1.74. The lowest BCUT2D eigenvalue weighted by atomic mass is 9.95. The number of hydrogen-bond donors (Lipinski definition) is 0. The summed E-state index contributed by atoms with van der Waals surface area (Å²) in [6.45, 7) is 2.28. The van der Waals surface area contributed by atoms with Gasteiger partial charge in [0.05, 0.1) is 0 Å². The van der Waals surface area contributed by atoms with E-state index in [-0.39, 0.29) is 0 Å². The van der Waals surface area contributed by atoms with Gasteiger partial charge in [-0.25, -0.2) is 0 Å². The fourth-order valence-electron chi connectivity index (χ4n) is 1.89. The zero-order chi connectivity index (χ0) is 8.39. The van der Waals surface area contributed by atoms with E-state index in [0.29, 0.717) is 0 Å². The van der Waals surface area contributed by atoms with Gasteiger partial charge in [0.25, 0.3) is 0 Å². The third-order valence-corrected chi connectivity index (χ3v) is 2.87. The predicted octanol–water partition coefficient (Wildman–Crippen LogP) is 3.84. The van der Waals surface area contributed by atoms with Crippen LogP contribution in [0.3, 0.4) is 0 Å². The minimum Gasteiger partial charge on any atom is -0.0803 e. The lowest BCUT2D eigenvalue weighted by molar-refractivity contribution is 0.588. The van der Waals surface area contributed by atoms with Gasteiger partial charge in [-0.15, -0.1) is 0 Å². The maximum Gasteiger partial charge on any atom is 0.00133 e. The van der Waals surface area contributed by atoms with Gasteiger partial charge in [0.2, 0.25) is 0 Å². The van der Waals surface area contributed by atoms with Crippen LogP contribution in [0.4, 0.5) is 0 Å². The second-order valence-corrected chi connectivity index (χ2v) is 4.01. The Bertz CT molecular complexity index is 200. The lowest BCUT2D eigenvalue weighted by Crippen LogP contribution is -1.96. The van der Waals surface area contributed by atoms with Crippen molar-refractivity contribution in [2.24, 2.45) is 5.92 Å². The molecule has 0 saturated carbocycles. The zero-order valence-electron chi connectivity index (χ0n) is 7.97. The molecule has 0 fully saturated rings. The molecule has 0 aromatic rings. The normalized spacial score (nSPS) is 19.2. The number of rotatable bonds is 6. The average Bonchev–Trinajstić information content (AvgIpc) is 2.87.